The molecule has 4 nitrogen and oxygen atoms in total. The first-order chi connectivity index (χ1) is 15.5. The zero-order chi connectivity index (χ0) is 22.8. The summed E-state index contributed by atoms with van der Waals surface area (Å²) in [5, 5.41) is 6.38. The summed E-state index contributed by atoms with van der Waals surface area (Å²) >= 11 is 12.5. The van der Waals surface area contributed by atoms with Crippen molar-refractivity contribution in [1.82, 2.24) is 10.6 Å². The van der Waals surface area contributed by atoms with Crippen molar-refractivity contribution in [2.75, 3.05) is 13.1 Å². The monoisotopic (exact) mass is 466 g/mol. The van der Waals surface area contributed by atoms with E-state index in [0.29, 0.717) is 41.5 Å². The van der Waals surface area contributed by atoms with Crippen LogP contribution in [0.2, 0.25) is 10.0 Å². The van der Waals surface area contributed by atoms with Crippen molar-refractivity contribution in [1.29, 1.82) is 0 Å². The summed E-state index contributed by atoms with van der Waals surface area (Å²) in [6, 6.07) is 24.7. The lowest BCUT2D eigenvalue weighted by molar-refractivity contribution is -0.123. The van der Waals surface area contributed by atoms with Crippen LogP contribution in [0, 0.1) is 0 Å². The van der Waals surface area contributed by atoms with Gasteiger partial charge in [-0.3, -0.25) is 9.59 Å². The Morgan fingerprint density at radius 2 is 1.09 bits per heavy atom. The molecule has 0 bridgehead atoms. The summed E-state index contributed by atoms with van der Waals surface area (Å²) in [7, 11) is 0. The van der Waals surface area contributed by atoms with E-state index in [1.165, 1.54) is 6.08 Å². The Labute approximate surface area is 198 Å². The van der Waals surface area contributed by atoms with Gasteiger partial charge in [-0.1, -0.05) is 89.9 Å². The quantitative estimate of drug-likeness (QED) is 0.262. The van der Waals surface area contributed by atoms with Gasteiger partial charge in [0.15, 0.2) is 0 Å². The Kier molecular flexibility index (Phi) is 8.90. The van der Waals surface area contributed by atoms with E-state index in [0.717, 1.165) is 11.1 Å². The van der Waals surface area contributed by atoms with Gasteiger partial charge in [0.05, 0.1) is 0 Å². The zero-order valence-electron chi connectivity index (χ0n) is 17.5. The number of nitrogens with one attached hydrogen (secondary N) is 2. The van der Waals surface area contributed by atoms with E-state index in [4.69, 9.17) is 23.2 Å². The number of carbonyl (C=O) groups is 2. The molecule has 0 heterocycles. The standard InChI is InChI=1S/C26H24Cl2N2O2/c27-23-12-7-13-24(28)21(23)18-22(25(31)29-16-14-19-8-3-1-4-9-19)26(32)30-17-15-20-10-5-2-6-11-20/h1-13,18H,14-17H2,(H,29,31)(H,30,32). The Bertz CT molecular complexity index is 1000. The second-order valence-corrected chi connectivity index (χ2v) is 7.99. The molecular weight excluding hydrogens is 443 g/mol. The molecule has 32 heavy (non-hydrogen) atoms. The lowest BCUT2D eigenvalue weighted by atomic mass is 10.1. The molecule has 0 saturated heterocycles. The predicted octanol–water partition coefficient (Wildman–Crippen LogP) is 5.09. The smallest absolute Gasteiger partial charge is 0.256 e. The third kappa shape index (κ3) is 6.98. The molecule has 2 amide bonds. The molecule has 0 radical (unpaired) electrons. The SMILES string of the molecule is O=C(NCCc1ccccc1)C(=Cc1c(Cl)cccc1Cl)C(=O)NCCc1ccccc1. The van der Waals surface area contributed by atoms with Crippen LogP contribution in [0.15, 0.2) is 84.4 Å². The largest absolute Gasteiger partial charge is 0.352 e. The highest BCUT2D eigenvalue weighted by Gasteiger charge is 2.19. The van der Waals surface area contributed by atoms with Crippen molar-refractivity contribution in [3.63, 3.8) is 0 Å². The average Bonchev–Trinajstić information content (AvgIpc) is 2.80. The fraction of sp³-hybridized carbons (Fsp3) is 0.154. The highest BCUT2D eigenvalue weighted by Crippen LogP contribution is 2.26. The fourth-order valence-electron chi connectivity index (χ4n) is 3.15. The van der Waals surface area contributed by atoms with Crippen molar-refractivity contribution in [3.05, 3.63) is 111 Å². The van der Waals surface area contributed by atoms with E-state index in [2.05, 4.69) is 10.6 Å². The second-order valence-electron chi connectivity index (χ2n) is 7.18. The van der Waals surface area contributed by atoms with Crippen LogP contribution in [0.3, 0.4) is 0 Å². The van der Waals surface area contributed by atoms with Crippen molar-refractivity contribution >= 4 is 41.1 Å². The molecule has 3 aromatic carbocycles. The zero-order valence-corrected chi connectivity index (χ0v) is 19.0. The van der Waals surface area contributed by atoms with Crippen LogP contribution in [-0.2, 0) is 22.4 Å². The Morgan fingerprint density at radius 3 is 1.53 bits per heavy atom. The van der Waals surface area contributed by atoms with E-state index in [9.17, 15) is 9.59 Å². The van der Waals surface area contributed by atoms with Crippen LogP contribution >= 0.6 is 23.2 Å². The first-order valence-electron chi connectivity index (χ1n) is 10.3. The molecule has 0 atom stereocenters. The third-order valence-electron chi connectivity index (χ3n) is 4.86. The van der Waals surface area contributed by atoms with E-state index in [-0.39, 0.29) is 5.57 Å². The van der Waals surface area contributed by atoms with Gasteiger partial charge in [0, 0.05) is 28.7 Å². The lowest BCUT2D eigenvalue weighted by Gasteiger charge is -2.11. The van der Waals surface area contributed by atoms with Crippen LogP contribution in [0.25, 0.3) is 6.08 Å². The Hall–Kier alpha value is -3.08. The van der Waals surface area contributed by atoms with Crippen molar-refractivity contribution in [2.24, 2.45) is 0 Å². The predicted molar refractivity (Wildman–Crippen MR) is 131 cm³/mol. The maximum atomic E-state index is 12.9. The van der Waals surface area contributed by atoms with Crippen LogP contribution < -0.4 is 10.6 Å². The molecule has 0 aromatic heterocycles. The van der Waals surface area contributed by atoms with E-state index in [1.807, 2.05) is 60.7 Å². The molecular formula is C26H24Cl2N2O2. The summed E-state index contributed by atoms with van der Waals surface area (Å²) < 4.78 is 0. The molecule has 3 aromatic rings. The number of rotatable bonds is 9. The second kappa shape index (κ2) is 12.1. The molecule has 2 N–H and O–H groups in total. The first kappa shape index (κ1) is 23.6. The van der Waals surface area contributed by atoms with Gasteiger partial charge < -0.3 is 10.6 Å². The number of hydrogen-bond donors (Lipinski definition) is 2. The van der Waals surface area contributed by atoms with E-state index < -0.39 is 11.8 Å². The van der Waals surface area contributed by atoms with Gasteiger partial charge in [-0.2, -0.15) is 0 Å². The maximum absolute atomic E-state index is 12.9. The molecule has 3 rings (SSSR count). The number of hydrogen-bond acceptors (Lipinski definition) is 2. The maximum Gasteiger partial charge on any atom is 0.256 e. The van der Waals surface area contributed by atoms with Gasteiger partial charge in [0.1, 0.15) is 5.57 Å². The fourth-order valence-corrected chi connectivity index (χ4v) is 3.65. The van der Waals surface area contributed by atoms with Gasteiger partial charge in [-0.05, 0) is 42.2 Å². The van der Waals surface area contributed by atoms with Crippen molar-refractivity contribution in [2.45, 2.75) is 12.8 Å². The molecule has 6 heteroatoms. The first-order valence-corrected chi connectivity index (χ1v) is 11.1. The van der Waals surface area contributed by atoms with Gasteiger partial charge in [-0.25, -0.2) is 0 Å². The Balaban J connectivity index is 1.71. The molecule has 0 aliphatic heterocycles. The summed E-state index contributed by atoms with van der Waals surface area (Å²) in [5.74, 6) is -0.955. The number of halogens is 2. The normalized spacial score (nSPS) is 10.3. The van der Waals surface area contributed by atoms with Gasteiger partial charge in [0.25, 0.3) is 11.8 Å². The third-order valence-corrected chi connectivity index (χ3v) is 5.52. The van der Waals surface area contributed by atoms with Crippen LogP contribution in [0.4, 0.5) is 0 Å². The summed E-state index contributed by atoms with van der Waals surface area (Å²) in [4.78, 5) is 25.8. The highest BCUT2D eigenvalue weighted by atomic mass is 35.5. The van der Waals surface area contributed by atoms with Crippen molar-refractivity contribution in [3.8, 4) is 0 Å². The molecule has 0 aliphatic carbocycles. The highest BCUT2D eigenvalue weighted by molar-refractivity contribution is 6.37. The molecule has 0 spiro atoms. The lowest BCUT2D eigenvalue weighted by Crippen LogP contribution is -2.36. The van der Waals surface area contributed by atoms with Crippen LogP contribution in [0.1, 0.15) is 16.7 Å². The molecule has 0 saturated carbocycles. The number of benzene rings is 3. The molecule has 164 valence electrons. The molecule has 0 unspecified atom stereocenters. The topological polar surface area (TPSA) is 58.2 Å². The summed E-state index contributed by atoms with van der Waals surface area (Å²) in [5.41, 5.74) is 2.59. The minimum absolute atomic E-state index is 0.0406. The number of carbonyl (C=O) groups excluding carboxylic acids is 2. The van der Waals surface area contributed by atoms with Gasteiger partial charge in [-0.15, -0.1) is 0 Å². The van der Waals surface area contributed by atoms with Crippen molar-refractivity contribution < 1.29 is 9.59 Å². The number of amides is 2. The average molecular weight is 467 g/mol. The summed E-state index contributed by atoms with van der Waals surface area (Å²) in [6.07, 6.45) is 2.75. The Morgan fingerprint density at radius 1 is 0.656 bits per heavy atom. The van der Waals surface area contributed by atoms with Crippen LogP contribution in [0.5, 0.6) is 0 Å². The van der Waals surface area contributed by atoms with E-state index >= 15 is 0 Å². The van der Waals surface area contributed by atoms with Gasteiger partial charge >= 0.3 is 0 Å². The molecule has 0 aliphatic rings. The minimum Gasteiger partial charge on any atom is -0.352 e. The van der Waals surface area contributed by atoms with Gasteiger partial charge in [0.2, 0.25) is 0 Å². The summed E-state index contributed by atoms with van der Waals surface area (Å²) in [6.45, 7) is 0.793. The molecule has 0 fully saturated rings. The van der Waals surface area contributed by atoms with E-state index in [1.54, 1.807) is 18.2 Å². The van der Waals surface area contributed by atoms with Crippen LogP contribution in [-0.4, -0.2) is 24.9 Å². The minimum atomic E-state index is -0.478.